The van der Waals surface area contributed by atoms with E-state index in [-0.39, 0.29) is 5.78 Å². The summed E-state index contributed by atoms with van der Waals surface area (Å²) in [6.45, 7) is 1.82. The van der Waals surface area contributed by atoms with Crippen molar-refractivity contribution in [3.8, 4) is 0 Å². The zero-order valence-electron chi connectivity index (χ0n) is 7.33. The number of carbonyl (C=O) groups is 1. The van der Waals surface area contributed by atoms with Gasteiger partial charge in [0.05, 0.1) is 5.02 Å². The molecule has 13 heavy (non-hydrogen) atoms. The topological polar surface area (TPSA) is 30.0 Å². The van der Waals surface area contributed by atoms with E-state index < -0.39 is 0 Å². The lowest BCUT2D eigenvalue weighted by Gasteiger charge is -1.94. The predicted octanol–water partition coefficient (Wildman–Crippen LogP) is 2.73. The van der Waals surface area contributed by atoms with E-state index in [9.17, 15) is 4.79 Å². The van der Waals surface area contributed by atoms with Crippen LogP contribution >= 0.6 is 11.6 Å². The minimum absolute atomic E-state index is 0.0906. The van der Waals surface area contributed by atoms with E-state index in [0.717, 1.165) is 5.56 Å². The number of allylic oxidation sites excluding steroid dienone is 1. The number of rotatable bonds is 3. The van der Waals surface area contributed by atoms with E-state index in [4.69, 9.17) is 11.6 Å². The first-order chi connectivity index (χ1) is 6.24. The van der Waals surface area contributed by atoms with Crippen molar-refractivity contribution >= 4 is 23.5 Å². The van der Waals surface area contributed by atoms with Crippen molar-refractivity contribution in [3.63, 3.8) is 0 Å². The van der Waals surface area contributed by atoms with Crippen molar-refractivity contribution in [1.29, 1.82) is 0 Å². The number of nitrogens with zero attached hydrogens (tertiary/aromatic N) is 1. The fourth-order valence-electron chi connectivity index (χ4n) is 0.822. The van der Waals surface area contributed by atoms with Crippen LogP contribution in [0.2, 0.25) is 5.02 Å². The van der Waals surface area contributed by atoms with Gasteiger partial charge in [0.2, 0.25) is 0 Å². The van der Waals surface area contributed by atoms with E-state index >= 15 is 0 Å². The van der Waals surface area contributed by atoms with Crippen molar-refractivity contribution in [3.05, 3.63) is 35.1 Å². The van der Waals surface area contributed by atoms with Gasteiger partial charge in [-0.1, -0.05) is 18.5 Å². The molecule has 0 aromatic carbocycles. The average molecular weight is 196 g/mol. The molecule has 0 amide bonds. The first-order valence-corrected chi connectivity index (χ1v) is 4.42. The fraction of sp³-hybridized carbons (Fsp3) is 0.200. The Hall–Kier alpha value is -1.15. The van der Waals surface area contributed by atoms with E-state index in [1.165, 1.54) is 6.08 Å². The highest BCUT2D eigenvalue weighted by atomic mass is 35.5. The van der Waals surface area contributed by atoms with Gasteiger partial charge in [0.15, 0.2) is 5.78 Å². The molecular formula is C10H10ClNO. The van der Waals surface area contributed by atoms with Crippen LogP contribution in [0, 0.1) is 0 Å². The predicted molar refractivity (Wildman–Crippen MR) is 53.6 cm³/mol. The number of hydrogen-bond donors (Lipinski definition) is 0. The summed E-state index contributed by atoms with van der Waals surface area (Å²) in [6, 6.07) is 1.77. The molecule has 68 valence electrons. The molecule has 1 heterocycles. The molecule has 0 unspecified atom stereocenters. The van der Waals surface area contributed by atoms with Crippen LogP contribution in [0.5, 0.6) is 0 Å². The van der Waals surface area contributed by atoms with E-state index in [1.54, 1.807) is 24.5 Å². The normalized spacial score (nSPS) is 10.6. The molecule has 1 aromatic rings. The Bertz CT molecular complexity index is 333. The van der Waals surface area contributed by atoms with Gasteiger partial charge in [-0.3, -0.25) is 9.78 Å². The molecule has 0 fully saturated rings. The van der Waals surface area contributed by atoms with Gasteiger partial charge < -0.3 is 0 Å². The molecule has 0 aliphatic heterocycles. The smallest absolute Gasteiger partial charge is 0.155 e. The summed E-state index contributed by atoms with van der Waals surface area (Å²) in [6.07, 6.45) is 6.94. The summed E-state index contributed by atoms with van der Waals surface area (Å²) in [5.41, 5.74) is 0.818. The molecule has 0 radical (unpaired) electrons. The highest BCUT2D eigenvalue weighted by Gasteiger charge is 1.95. The van der Waals surface area contributed by atoms with Crippen LogP contribution in [-0.2, 0) is 4.79 Å². The summed E-state index contributed by atoms with van der Waals surface area (Å²) in [5, 5.41) is 0.558. The largest absolute Gasteiger partial charge is 0.295 e. The third-order valence-electron chi connectivity index (χ3n) is 1.60. The Morgan fingerprint density at radius 1 is 1.69 bits per heavy atom. The fourth-order valence-corrected chi connectivity index (χ4v) is 1.00. The van der Waals surface area contributed by atoms with Crippen molar-refractivity contribution in [2.24, 2.45) is 0 Å². The summed E-state index contributed by atoms with van der Waals surface area (Å²) < 4.78 is 0. The van der Waals surface area contributed by atoms with Crippen molar-refractivity contribution < 1.29 is 4.79 Å². The van der Waals surface area contributed by atoms with Crippen LogP contribution in [0.4, 0.5) is 0 Å². The minimum atomic E-state index is 0.0906. The Morgan fingerprint density at radius 3 is 3.08 bits per heavy atom. The number of aromatic nitrogens is 1. The van der Waals surface area contributed by atoms with Gasteiger partial charge >= 0.3 is 0 Å². The maximum atomic E-state index is 11.0. The third-order valence-corrected chi connectivity index (χ3v) is 1.92. The summed E-state index contributed by atoms with van der Waals surface area (Å²) in [7, 11) is 0. The van der Waals surface area contributed by atoms with Crippen LogP contribution < -0.4 is 0 Å². The highest BCUT2D eigenvalue weighted by Crippen LogP contribution is 2.14. The molecule has 3 heteroatoms. The lowest BCUT2D eigenvalue weighted by Crippen LogP contribution is -1.87. The van der Waals surface area contributed by atoms with Crippen molar-refractivity contribution in [2.75, 3.05) is 0 Å². The van der Waals surface area contributed by atoms with Gasteiger partial charge in [0.25, 0.3) is 0 Å². The summed E-state index contributed by atoms with van der Waals surface area (Å²) in [4.78, 5) is 14.8. The van der Waals surface area contributed by atoms with Crippen LogP contribution in [0.25, 0.3) is 6.08 Å². The molecule has 0 N–H and O–H groups in total. The van der Waals surface area contributed by atoms with Gasteiger partial charge in [-0.2, -0.15) is 0 Å². The van der Waals surface area contributed by atoms with Crippen LogP contribution in [0.1, 0.15) is 18.9 Å². The molecule has 1 rings (SSSR count). The maximum Gasteiger partial charge on any atom is 0.155 e. The van der Waals surface area contributed by atoms with Gasteiger partial charge in [-0.25, -0.2) is 0 Å². The highest BCUT2D eigenvalue weighted by molar-refractivity contribution is 6.32. The first kappa shape index (κ1) is 9.93. The van der Waals surface area contributed by atoms with E-state index in [0.29, 0.717) is 11.4 Å². The molecule has 0 atom stereocenters. The second-order valence-electron chi connectivity index (χ2n) is 2.55. The molecular weight excluding hydrogens is 186 g/mol. The van der Waals surface area contributed by atoms with Crippen LogP contribution in [-0.4, -0.2) is 10.8 Å². The number of halogens is 1. The first-order valence-electron chi connectivity index (χ1n) is 4.04. The lowest BCUT2D eigenvalue weighted by molar-refractivity contribution is -0.114. The zero-order valence-corrected chi connectivity index (χ0v) is 8.08. The molecule has 0 aliphatic carbocycles. The quantitative estimate of drug-likeness (QED) is 0.695. The Kier molecular flexibility index (Phi) is 3.65. The minimum Gasteiger partial charge on any atom is -0.295 e. The van der Waals surface area contributed by atoms with Crippen LogP contribution in [0.15, 0.2) is 24.5 Å². The maximum absolute atomic E-state index is 11.0. The van der Waals surface area contributed by atoms with Crippen molar-refractivity contribution in [2.45, 2.75) is 13.3 Å². The third kappa shape index (κ3) is 2.99. The van der Waals surface area contributed by atoms with Gasteiger partial charge in [0, 0.05) is 18.8 Å². The number of pyridine rings is 1. The van der Waals surface area contributed by atoms with Crippen LogP contribution in [0.3, 0.4) is 0 Å². The second-order valence-corrected chi connectivity index (χ2v) is 2.96. The molecule has 0 spiro atoms. The Morgan fingerprint density at radius 2 is 2.46 bits per heavy atom. The SMILES string of the molecule is CCC(=O)C=Cc1ccncc1Cl. The number of hydrogen-bond acceptors (Lipinski definition) is 2. The molecule has 0 saturated carbocycles. The second kappa shape index (κ2) is 4.77. The molecule has 0 bridgehead atoms. The van der Waals surface area contributed by atoms with Gasteiger partial charge in [-0.05, 0) is 23.8 Å². The molecule has 0 aliphatic rings. The van der Waals surface area contributed by atoms with Crippen molar-refractivity contribution in [1.82, 2.24) is 4.98 Å². The Labute approximate surface area is 82.3 Å². The molecule has 1 aromatic heterocycles. The number of carbonyl (C=O) groups excluding carboxylic acids is 1. The molecule has 2 nitrogen and oxygen atoms in total. The summed E-state index contributed by atoms with van der Waals surface area (Å²) in [5.74, 6) is 0.0906. The monoisotopic (exact) mass is 195 g/mol. The Balaban J connectivity index is 2.80. The zero-order chi connectivity index (χ0) is 9.68. The summed E-state index contributed by atoms with van der Waals surface area (Å²) >= 11 is 5.83. The lowest BCUT2D eigenvalue weighted by atomic mass is 10.2. The van der Waals surface area contributed by atoms with E-state index in [2.05, 4.69) is 4.98 Å². The average Bonchev–Trinajstić information content (AvgIpc) is 2.16. The van der Waals surface area contributed by atoms with Gasteiger partial charge in [0.1, 0.15) is 0 Å². The van der Waals surface area contributed by atoms with E-state index in [1.807, 2.05) is 6.92 Å². The molecule has 0 saturated heterocycles. The standard InChI is InChI=1S/C10H10ClNO/c1-2-9(13)4-3-8-5-6-12-7-10(8)11/h3-7H,2H2,1H3. The van der Waals surface area contributed by atoms with Gasteiger partial charge in [-0.15, -0.1) is 0 Å². The number of ketones is 1.